The first-order chi connectivity index (χ1) is 10.1. The van der Waals surface area contributed by atoms with E-state index in [9.17, 15) is 8.42 Å². The number of benzene rings is 1. The van der Waals surface area contributed by atoms with Crippen molar-refractivity contribution in [3.05, 3.63) is 36.2 Å². The SMILES string of the molecule is COc1ccc(CO)cc1S(=O)(=O)NCCn1ccnn1. The van der Waals surface area contributed by atoms with Crippen LogP contribution in [0.15, 0.2) is 35.5 Å². The van der Waals surface area contributed by atoms with Crippen LogP contribution in [0, 0.1) is 0 Å². The van der Waals surface area contributed by atoms with Gasteiger partial charge in [-0.15, -0.1) is 5.10 Å². The monoisotopic (exact) mass is 312 g/mol. The summed E-state index contributed by atoms with van der Waals surface area (Å²) in [6.07, 6.45) is 3.16. The van der Waals surface area contributed by atoms with Crippen LogP contribution in [0.3, 0.4) is 0 Å². The summed E-state index contributed by atoms with van der Waals surface area (Å²) in [6.45, 7) is 0.283. The molecule has 0 unspecified atom stereocenters. The minimum Gasteiger partial charge on any atom is -0.495 e. The van der Waals surface area contributed by atoms with Gasteiger partial charge in [-0.3, -0.25) is 4.68 Å². The standard InChI is InChI=1S/C12H16N4O4S/c1-20-11-3-2-10(9-17)8-12(11)21(18,19)14-5-7-16-6-4-13-15-16/h2-4,6,8,14,17H,5,7,9H2,1H3. The van der Waals surface area contributed by atoms with Crippen molar-refractivity contribution >= 4 is 10.0 Å². The number of rotatable bonds is 7. The second-order valence-corrected chi connectivity index (χ2v) is 5.94. The normalized spacial score (nSPS) is 11.5. The van der Waals surface area contributed by atoms with Gasteiger partial charge in [-0.1, -0.05) is 11.3 Å². The van der Waals surface area contributed by atoms with Crippen LogP contribution in [0.2, 0.25) is 0 Å². The van der Waals surface area contributed by atoms with Crippen LogP contribution < -0.4 is 9.46 Å². The zero-order valence-electron chi connectivity index (χ0n) is 11.4. The topological polar surface area (TPSA) is 106 Å². The Morgan fingerprint density at radius 1 is 1.43 bits per heavy atom. The van der Waals surface area contributed by atoms with E-state index in [1.807, 2.05) is 0 Å². The average Bonchev–Trinajstić information content (AvgIpc) is 2.99. The second-order valence-electron chi connectivity index (χ2n) is 4.21. The number of nitrogens with one attached hydrogen (secondary N) is 1. The number of methoxy groups -OCH3 is 1. The van der Waals surface area contributed by atoms with E-state index in [4.69, 9.17) is 9.84 Å². The van der Waals surface area contributed by atoms with Crippen LogP contribution in [0.5, 0.6) is 5.75 Å². The minimum atomic E-state index is -3.74. The molecule has 2 N–H and O–H groups in total. The molecule has 114 valence electrons. The van der Waals surface area contributed by atoms with Crippen molar-refractivity contribution in [3.63, 3.8) is 0 Å². The van der Waals surface area contributed by atoms with Gasteiger partial charge in [0, 0.05) is 12.7 Å². The number of nitrogens with zero attached hydrogens (tertiary/aromatic N) is 3. The van der Waals surface area contributed by atoms with Crippen molar-refractivity contribution < 1.29 is 18.3 Å². The molecule has 2 rings (SSSR count). The number of aliphatic hydroxyl groups excluding tert-OH is 1. The minimum absolute atomic E-state index is 0.00450. The van der Waals surface area contributed by atoms with Crippen LogP contribution in [0.25, 0.3) is 0 Å². The number of sulfonamides is 1. The highest BCUT2D eigenvalue weighted by atomic mass is 32.2. The molecule has 0 aliphatic rings. The Morgan fingerprint density at radius 3 is 2.86 bits per heavy atom. The van der Waals surface area contributed by atoms with Crippen LogP contribution >= 0.6 is 0 Å². The zero-order valence-corrected chi connectivity index (χ0v) is 12.2. The Morgan fingerprint density at radius 2 is 2.24 bits per heavy atom. The molecule has 1 aromatic carbocycles. The molecule has 8 nitrogen and oxygen atoms in total. The Kier molecular flexibility index (Phi) is 4.89. The van der Waals surface area contributed by atoms with E-state index in [2.05, 4.69) is 15.0 Å². The quantitative estimate of drug-likeness (QED) is 0.730. The van der Waals surface area contributed by atoms with Crippen molar-refractivity contribution in [2.24, 2.45) is 0 Å². The van der Waals surface area contributed by atoms with Gasteiger partial charge in [0.1, 0.15) is 10.6 Å². The summed E-state index contributed by atoms with van der Waals surface area (Å²) in [5, 5.41) is 16.5. The molecule has 0 fully saturated rings. The van der Waals surface area contributed by atoms with E-state index < -0.39 is 10.0 Å². The largest absolute Gasteiger partial charge is 0.495 e. The van der Waals surface area contributed by atoms with Gasteiger partial charge in [-0.05, 0) is 17.7 Å². The first-order valence-electron chi connectivity index (χ1n) is 6.18. The Bertz CT molecular complexity index is 685. The molecular weight excluding hydrogens is 296 g/mol. The second kappa shape index (κ2) is 6.66. The van der Waals surface area contributed by atoms with Crippen LogP contribution in [0.1, 0.15) is 5.56 Å². The molecule has 0 spiro atoms. The molecule has 2 aromatic rings. The summed E-state index contributed by atoms with van der Waals surface area (Å²) >= 11 is 0. The van der Waals surface area contributed by atoms with Gasteiger partial charge in [-0.25, -0.2) is 13.1 Å². The predicted molar refractivity (Wildman–Crippen MR) is 74.1 cm³/mol. The summed E-state index contributed by atoms with van der Waals surface area (Å²) in [5.74, 6) is 0.223. The van der Waals surface area contributed by atoms with Gasteiger partial charge in [0.2, 0.25) is 10.0 Å². The van der Waals surface area contributed by atoms with Gasteiger partial charge < -0.3 is 9.84 Å². The zero-order chi connectivity index (χ0) is 15.3. The highest BCUT2D eigenvalue weighted by Gasteiger charge is 2.19. The molecule has 0 aliphatic carbocycles. The number of hydrogen-bond acceptors (Lipinski definition) is 6. The lowest BCUT2D eigenvalue weighted by atomic mass is 10.2. The molecule has 0 saturated heterocycles. The highest BCUT2D eigenvalue weighted by molar-refractivity contribution is 7.89. The number of aromatic nitrogens is 3. The third-order valence-corrected chi connectivity index (χ3v) is 4.29. The lowest BCUT2D eigenvalue weighted by molar-refractivity contribution is 0.281. The van der Waals surface area contributed by atoms with E-state index in [-0.39, 0.29) is 23.8 Å². The maximum atomic E-state index is 12.3. The number of aliphatic hydroxyl groups is 1. The fraction of sp³-hybridized carbons (Fsp3) is 0.333. The van der Waals surface area contributed by atoms with Crippen molar-refractivity contribution in [3.8, 4) is 5.75 Å². The summed E-state index contributed by atoms with van der Waals surface area (Å²) < 4.78 is 33.6. The van der Waals surface area contributed by atoms with E-state index in [1.165, 1.54) is 30.1 Å². The first kappa shape index (κ1) is 15.4. The lowest BCUT2D eigenvalue weighted by Crippen LogP contribution is -2.28. The first-order valence-corrected chi connectivity index (χ1v) is 7.66. The van der Waals surface area contributed by atoms with Gasteiger partial charge in [0.25, 0.3) is 0 Å². The highest BCUT2D eigenvalue weighted by Crippen LogP contribution is 2.24. The predicted octanol–water partition coefficient (Wildman–Crippen LogP) is -0.243. The summed E-state index contributed by atoms with van der Waals surface area (Å²) in [4.78, 5) is -0.00450. The smallest absolute Gasteiger partial charge is 0.244 e. The molecular formula is C12H16N4O4S. The maximum absolute atomic E-state index is 12.3. The molecule has 0 saturated carbocycles. The van der Waals surface area contributed by atoms with Gasteiger partial charge in [0.15, 0.2) is 0 Å². The molecule has 21 heavy (non-hydrogen) atoms. The lowest BCUT2D eigenvalue weighted by Gasteiger charge is -2.11. The van der Waals surface area contributed by atoms with Crippen molar-refractivity contribution in [2.75, 3.05) is 13.7 Å². The fourth-order valence-electron chi connectivity index (χ4n) is 1.75. The van der Waals surface area contributed by atoms with Crippen molar-refractivity contribution in [2.45, 2.75) is 18.0 Å². The molecule has 0 aliphatic heterocycles. The summed E-state index contributed by atoms with van der Waals surface area (Å²) in [5.41, 5.74) is 0.493. The average molecular weight is 312 g/mol. The summed E-state index contributed by atoms with van der Waals surface area (Å²) in [7, 11) is -2.35. The molecule has 1 aromatic heterocycles. The Labute approximate surface area is 122 Å². The van der Waals surface area contributed by atoms with E-state index in [0.717, 1.165) is 0 Å². The van der Waals surface area contributed by atoms with Crippen LogP contribution in [0.4, 0.5) is 0 Å². The molecule has 0 atom stereocenters. The molecule has 0 bridgehead atoms. The molecule has 0 radical (unpaired) electrons. The van der Waals surface area contributed by atoms with E-state index in [0.29, 0.717) is 12.1 Å². The molecule has 0 amide bonds. The fourth-order valence-corrected chi connectivity index (χ4v) is 2.99. The number of hydrogen-bond donors (Lipinski definition) is 2. The maximum Gasteiger partial charge on any atom is 0.244 e. The van der Waals surface area contributed by atoms with Crippen molar-refractivity contribution in [1.82, 2.24) is 19.7 Å². The molecule has 1 heterocycles. The molecule has 9 heteroatoms. The summed E-state index contributed by atoms with van der Waals surface area (Å²) in [6, 6.07) is 4.50. The van der Waals surface area contributed by atoms with E-state index in [1.54, 1.807) is 12.3 Å². The van der Waals surface area contributed by atoms with E-state index >= 15 is 0 Å². The van der Waals surface area contributed by atoms with Crippen LogP contribution in [-0.4, -0.2) is 42.2 Å². The Balaban J connectivity index is 2.14. The van der Waals surface area contributed by atoms with Gasteiger partial charge >= 0.3 is 0 Å². The third-order valence-electron chi connectivity index (χ3n) is 2.81. The Hall–Kier alpha value is -1.97. The van der Waals surface area contributed by atoms with Crippen molar-refractivity contribution in [1.29, 1.82) is 0 Å². The number of ether oxygens (including phenoxy) is 1. The van der Waals surface area contributed by atoms with Gasteiger partial charge in [-0.2, -0.15) is 0 Å². The third kappa shape index (κ3) is 3.78. The van der Waals surface area contributed by atoms with Gasteiger partial charge in [0.05, 0.1) is 26.5 Å². The van der Waals surface area contributed by atoms with Crippen LogP contribution in [-0.2, 0) is 23.2 Å².